The molecule has 1 rings (SSSR count). The van der Waals surface area contributed by atoms with Crippen LogP contribution < -0.4 is 5.32 Å². The van der Waals surface area contributed by atoms with Gasteiger partial charge in [0.15, 0.2) is 0 Å². The Kier molecular flexibility index (Phi) is 4.68. The van der Waals surface area contributed by atoms with Crippen LogP contribution in [-0.2, 0) is 0 Å². The molecule has 0 radical (unpaired) electrons. The van der Waals surface area contributed by atoms with E-state index >= 15 is 0 Å². The minimum Gasteiger partial charge on any atom is -0.352 e. The molecular weight excluding hydrogens is 254 g/mol. The maximum atomic E-state index is 13.3. The maximum absolute atomic E-state index is 13.3. The van der Waals surface area contributed by atoms with Crippen LogP contribution in [0, 0.1) is 11.6 Å². The van der Waals surface area contributed by atoms with Crippen LogP contribution in [0.15, 0.2) is 17.2 Å². The highest BCUT2D eigenvalue weighted by molar-refractivity contribution is 6.30. The minimum atomic E-state index is -0.919. The summed E-state index contributed by atoms with van der Waals surface area (Å²) < 4.78 is 26.3. The second kappa shape index (κ2) is 6.03. The molecule has 0 bridgehead atoms. The first-order valence-electron chi connectivity index (χ1n) is 4.50. The zero-order valence-electron chi connectivity index (χ0n) is 8.45. The van der Waals surface area contributed by atoms with Crippen LogP contribution in [0.25, 0.3) is 10.4 Å². The van der Waals surface area contributed by atoms with Crippen LogP contribution in [0.4, 0.5) is 8.78 Å². The number of rotatable bonds is 4. The second-order valence-corrected chi connectivity index (χ2v) is 3.36. The highest BCUT2D eigenvalue weighted by Gasteiger charge is 2.14. The van der Waals surface area contributed by atoms with Crippen LogP contribution in [0.2, 0.25) is 5.02 Å². The molecule has 0 atom stereocenters. The molecular formula is C9H7ClF2N4O. The third-order valence-corrected chi connectivity index (χ3v) is 2.10. The predicted molar refractivity (Wildman–Crippen MR) is 57.7 cm³/mol. The Balaban J connectivity index is 2.75. The lowest BCUT2D eigenvalue weighted by Crippen LogP contribution is -2.26. The SMILES string of the molecule is [N-]=[N+]=NCCNC(=O)c1cc(F)c(Cl)cc1F. The molecule has 0 fully saturated rings. The average Bonchev–Trinajstić information content (AvgIpc) is 2.29. The quantitative estimate of drug-likeness (QED) is 0.292. The first-order chi connectivity index (χ1) is 8.06. The smallest absolute Gasteiger partial charge is 0.254 e. The van der Waals surface area contributed by atoms with E-state index < -0.39 is 28.1 Å². The summed E-state index contributed by atoms with van der Waals surface area (Å²) in [5.74, 6) is -2.60. The fraction of sp³-hybridized carbons (Fsp3) is 0.222. The zero-order valence-corrected chi connectivity index (χ0v) is 9.21. The Labute approximate surface area is 100 Å². The number of carbonyl (C=O) groups excluding carboxylic acids is 1. The van der Waals surface area contributed by atoms with Gasteiger partial charge in [0.05, 0.1) is 10.6 Å². The Hall–Kier alpha value is -1.85. The minimum absolute atomic E-state index is 0.0277. The third-order valence-electron chi connectivity index (χ3n) is 1.82. The largest absolute Gasteiger partial charge is 0.352 e. The van der Waals surface area contributed by atoms with Gasteiger partial charge in [-0.15, -0.1) is 0 Å². The molecule has 0 aliphatic heterocycles. The number of hydrogen-bond donors (Lipinski definition) is 1. The van der Waals surface area contributed by atoms with Crippen molar-refractivity contribution in [3.8, 4) is 0 Å². The molecule has 1 N–H and O–H groups in total. The van der Waals surface area contributed by atoms with E-state index in [0.717, 1.165) is 6.07 Å². The van der Waals surface area contributed by atoms with E-state index in [9.17, 15) is 13.6 Å². The molecule has 1 amide bonds. The molecule has 90 valence electrons. The molecule has 17 heavy (non-hydrogen) atoms. The van der Waals surface area contributed by atoms with Gasteiger partial charge in [0.25, 0.3) is 5.91 Å². The summed E-state index contributed by atoms with van der Waals surface area (Å²) in [6.45, 7) is 0.0620. The molecule has 0 saturated heterocycles. The van der Waals surface area contributed by atoms with Gasteiger partial charge in [0.2, 0.25) is 0 Å². The van der Waals surface area contributed by atoms with E-state index in [2.05, 4.69) is 15.3 Å². The maximum Gasteiger partial charge on any atom is 0.254 e. The van der Waals surface area contributed by atoms with Crippen molar-refractivity contribution in [2.45, 2.75) is 0 Å². The van der Waals surface area contributed by atoms with Crippen LogP contribution in [0.3, 0.4) is 0 Å². The standard InChI is InChI=1S/C9H7ClF2N4O/c10-6-4-7(11)5(3-8(6)12)9(17)14-1-2-15-16-13/h3-4H,1-2H2,(H,14,17). The van der Waals surface area contributed by atoms with Crippen molar-refractivity contribution in [3.63, 3.8) is 0 Å². The van der Waals surface area contributed by atoms with Crippen molar-refractivity contribution in [2.24, 2.45) is 5.11 Å². The number of nitrogens with zero attached hydrogens (tertiary/aromatic N) is 3. The van der Waals surface area contributed by atoms with Crippen LogP contribution in [-0.4, -0.2) is 19.0 Å². The van der Waals surface area contributed by atoms with Crippen molar-refractivity contribution < 1.29 is 13.6 Å². The second-order valence-electron chi connectivity index (χ2n) is 2.96. The highest BCUT2D eigenvalue weighted by atomic mass is 35.5. The van der Waals surface area contributed by atoms with Crippen molar-refractivity contribution in [1.82, 2.24) is 5.32 Å². The van der Waals surface area contributed by atoms with Crippen LogP contribution >= 0.6 is 11.6 Å². The fourth-order valence-corrected chi connectivity index (χ4v) is 1.21. The van der Waals surface area contributed by atoms with Gasteiger partial charge >= 0.3 is 0 Å². The van der Waals surface area contributed by atoms with Crippen LogP contribution in [0.1, 0.15) is 10.4 Å². The van der Waals surface area contributed by atoms with Crippen molar-refractivity contribution in [3.05, 3.63) is 44.8 Å². The van der Waals surface area contributed by atoms with Gasteiger partial charge in [0.1, 0.15) is 11.6 Å². The van der Waals surface area contributed by atoms with Gasteiger partial charge < -0.3 is 5.32 Å². The molecule has 0 aromatic heterocycles. The van der Waals surface area contributed by atoms with E-state index in [-0.39, 0.29) is 13.1 Å². The number of benzene rings is 1. The number of hydrogen-bond acceptors (Lipinski definition) is 2. The number of halogens is 3. The van der Waals surface area contributed by atoms with Crippen molar-refractivity contribution in [1.29, 1.82) is 0 Å². The van der Waals surface area contributed by atoms with Gasteiger partial charge in [-0.3, -0.25) is 4.79 Å². The summed E-state index contributed by atoms with van der Waals surface area (Å²) in [5, 5.41) is 5.04. The number of carbonyl (C=O) groups is 1. The molecule has 8 heteroatoms. The Bertz CT molecular complexity index is 488. The summed E-state index contributed by atoms with van der Waals surface area (Å²) in [6.07, 6.45) is 0. The molecule has 0 spiro atoms. The molecule has 0 heterocycles. The summed E-state index contributed by atoms with van der Waals surface area (Å²) in [7, 11) is 0. The number of nitrogens with one attached hydrogen (secondary N) is 1. The monoisotopic (exact) mass is 260 g/mol. The molecule has 1 aromatic carbocycles. The fourth-order valence-electron chi connectivity index (χ4n) is 1.06. The van der Waals surface area contributed by atoms with E-state index in [0.29, 0.717) is 6.07 Å². The number of amides is 1. The van der Waals surface area contributed by atoms with Gasteiger partial charge in [-0.05, 0) is 17.7 Å². The van der Waals surface area contributed by atoms with E-state index in [1.54, 1.807) is 0 Å². The Morgan fingerprint density at radius 2 is 2.18 bits per heavy atom. The van der Waals surface area contributed by atoms with Gasteiger partial charge in [-0.1, -0.05) is 16.7 Å². The molecule has 1 aromatic rings. The van der Waals surface area contributed by atoms with Gasteiger partial charge in [-0.2, -0.15) is 0 Å². The first-order valence-corrected chi connectivity index (χ1v) is 4.87. The molecule has 0 saturated carbocycles. The molecule has 0 aliphatic carbocycles. The lowest BCUT2D eigenvalue weighted by Gasteiger charge is -2.05. The lowest BCUT2D eigenvalue weighted by molar-refractivity contribution is 0.0950. The third kappa shape index (κ3) is 3.58. The van der Waals surface area contributed by atoms with E-state index in [4.69, 9.17) is 17.1 Å². The van der Waals surface area contributed by atoms with Gasteiger partial charge in [-0.25, -0.2) is 8.78 Å². The summed E-state index contributed by atoms with van der Waals surface area (Å²) in [5.41, 5.74) is 7.53. The normalized spacial score (nSPS) is 9.59. The van der Waals surface area contributed by atoms with Gasteiger partial charge in [0, 0.05) is 18.0 Å². The molecule has 5 nitrogen and oxygen atoms in total. The summed E-state index contributed by atoms with van der Waals surface area (Å²) >= 11 is 5.33. The topological polar surface area (TPSA) is 77.9 Å². The van der Waals surface area contributed by atoms with E-state index in [1.807, 2.05) is 0 Å². The van der Waals surface area contributed by atoms with Crippen LogP contribution in [0.5, 0.6) is 0 Å². The Morgan fingerprint density at radius 1 is 1.47 bits per heavy atom. The zero-order chi connectivity index (χ0) is 12.8. The predicted octanol–water partition coefficient (Wildman–Crippen LogP) is 2.66. The summed E-state index contributed by atoms with van der Waals surface area (Å²) in [4.78, 5) is 13.9. The summed E-state index contributed by atoms with van der Waals surface area (Å²) in [6, 6.07) is 1.43. The van der Waals surface area contributed by atoms with Crippen molar-refractivity contribution >= 4 is 17.5 Å². The lowest BCUT2D eigenvalue weighted by atomic mass is 10.2. The van der Waals surface area contributed by atoms with Crippen molar-refractivity contribution in [2.75, 3.05) is 13.1 Å². The first kappa shape index (κ1) is 13.2. The Morgan fingerprint density at radius 3 is 2.82 bits per heavy atom. The highest BCUT2D eigenvalue weighted by Crippen LogP contribution is 2.19. The average molecular weight is 261 g/mol. The number of azide groups is 1. The van der Waals surface area contributed by atoms with E-state index in [1.165, 1.54) is 0 Å². The molecule has 0 aliphatic rings. The molecule has 0 unspecified atom stereocenters.